The highest BCUT2D eigenvalue weighted by Gasteiger charge is 2.30. The first kappa shape index (κ1) is 88.9. The van der Waals surface area contributed by atoms with Gasteiger partial charge in [0.15, 0.2) is 6.19 Å². The Morgan fingerprint density at radius 1 is 0.362 bits per heavy atom. The van der Waals surface area contributed by atoms with Gasteiger partial charge >= 0.3 is 0 Å². The smallest absolute Gasteiger partial charge is 0.268 e. The monoisotopic (exact) mass is 1880 g/mol. The lowest BCUT2D eigenvalue weighted by Crippen LogP contribution is -2.11. The van der Waals surface area contributed by atoms with E-state index in [0.29, 0.717) is 16.8 Å². The third-order valence-corrected chi connectivity index (χ3v) is 27.8. The van der Waals surface area contributed by atoms with Crippen LogP contribution in [-0.2, 0) is 39.3 Å². The molecule has 21 rings (SSSR count). The molecule has 13 aromatic carbocycles. The van der Waals surface area contributed by atoms with Crippen molar-refractivity contribution in [3.8, 4) is 68.5 Å². The maximum atomic E-state index is 13.1. The van der Waals surface area contributed by atoms with E-state index in [9.17, 15) is 22.1 Å². The van der Waals surface area contributed by atoms with Gasteiger partial charge < -0.3 is 32.7 Å². The Kier molecular flexibility index (Phi) is 26.9. The van der Waals surface area contributed by atoms with E-state index in [4.69, 9.17) is 32.7 Å². The Morgan fingerprint density at radius 2 is 0.746 bits per heavy atom. The van der Waals surface area contributed by atoms with Crippen LogP contribution in [0.5, 0.6) is 28.7 Å². The Bertz CT molecular complexity index is 7520. The molecular formula is C109H90Br2N6O11S2. The number of nitriles is 1. The average molecular weight is 1880 g/mol. The number of ether oxygens (including phenoxy) is 5. The fourth-order valence-corrected chi connectivity index (χ4v) is 21.0. The lowest BCUT2D eigenvalue weighted by molar-refractivity contribution is 0.393. The van der Waals surface area contributed by atoms with Crippen molar-refractivity contribution in [3.63, 3.8) is 0 Å². The fourth-order valence-electron chi connectivity index (χ4n) is 16.8. The maximum Gasteiger partial charge on any atom is 0.268 e. The predicted octanol–water partition coefficient (Wildman–Crippen LogP) is 26.0. The standard InChI is InChI=1S/C21H17N3O2.C21H17NO3S.C21H19NO2.C16H13BrO.C16H14O.C14H10BrNO2S/c1-13-19(14(2)26-23-13)21-20(15-8-10-16(25-3)11-9-15)17-6-4-5-7-18(17)24(21)12-22;1-25-17-13-11-16(12-14-17)20-15-22(21-10-6-5-9-19(20)21)26(23,24)18-7-3-2-4-8-18;1-13-20(14(2)24-22-13)19-12-16-6-4-5-7-18(16)21(19)15-8-10-17(23-3)11-9-15;1-18-13-8-6-11(7-9-13)16-14-5-3-2-4-12(14)10-15(16)17;1-17-14-9-6-13(7-10-14)16-11-8-12-4-2-3-5-15(12)16;15-13-10-16(14-9-5-4-8-12(13)14)19(17,18)11-6-2-1-3-7-11/h4-11H,1-3H3;2-15H,1H3;4-11H,12H2,1-3H3;2-9H,10H2,1H3;2-7,9-11H,8H2,1H3;1-10H. The Balaban J connectivity index is 0.000000115. The molecular weight excluding hydrogens is 1790 g/mol. The van der Waals surface area contributed by atoms with Gasteiger partial charge in [-0.3, -0.25) is 0 Å². The van der Waals surface area contributed by atoms with Gasteiger partial charge in [0.1, 0.15) is 40.3 Å². The van der Waals surface area contributed by atoms with E-state index in [1.165, 1.54) is 84.8 Å². The van der Waals surface area contributed by atoms with Crippen molar-refractivity contribution >= 4 is 107 Å². The second-order valence-corrected chi connectivity index (χ2v) is 36.2. The molecule has 0 atom stereocenters. The molecule has 3 aliphatic rings. The summed E-state index contributed by atoms with van der Waals surface area (Å²) in [5.41, 5.74) is 27.5. The quantitative estimate of drug-likeness (QED) is 0.0883. The van der Waals surface area contributed by atoms with Crippen LogP contribution < -0.4 is 23.7 Å². The van der Waals surface area contributed by atoms with Crippen molar-refractivity contribution in [1.29, 1.82) is 5.26 Å². The Hall–Kier alpha value is -14.5. The number of hydrogen-bond donors (Lipinski definition) is 0. The van der Waals surface area contributed by atoms with Crippen molar-refractivity contribution in [3.05, 3.63) is 434 Å². The Labute approximate surface area is 773 Å². The van der Waals surface area contributed by atoms with Gasteiger partial charge in [0.05, 0.1) is 84.5 Å². The van der Waals surface area contributed by atoms with Gasteiger partial charge in [-0.25, -0.2) is 29.3 Å². The van der Waals surface area contributed by atoms with Gasteiger partial charge in [-0.05, 0) is 243 Å². The Morgan fingerprint density at radius 3 is 1.24 bits per heavy atom. The van der Waals surface area contributed by atoms with Crippen molar-refractivity contribution in [1.82, 2.24) is 22.8 Å². The highest BCUT2D eigenvalue weighted by molar-refractivity contribution is 9.11. The van der Waals surface area contributed by atoms with Gasteiger partial charge in [0.25, 0.3) is 20.0 Å². The van der Waals surface area contributed by atoms with Gasteiger partial charge in [0.2, 0.25) is 0 Å². The summed E-state index contributed by atoms with van der Waals surface area (Å²) >= 11 is 7.10. The second-order valence-electron chi connectivity index (χ2n) is 30.8. The van der Waals surface area contributed by atoms with Gasteiger partial charge in [-0.2, -0.15) is 5.26 Å². The largest absolute Gasteiger partial charge is 0.497 e. The number of fused-ring (bicyclic) bond motifs is 6. The minimum absolute atomic E-state index is 0.266. The third kappa shape index (κ3) is 18.2. The van der Waals surface area contributed by atoms with Crippen LogP contribution in [0.3, 0.4) is 0 Å². The fraction of sp³-hybridized carbons (Fsp3) is 0.110. The SMILES string of the molecule is COc1ccc(-c2c(-c3c(C)noc3C)n(C#N)c3ccccc23)cc1.COc1ccc(-c2cn(S(=O)(=O)c3ccccc3)c3ccccc23)cc1.COc1ccc(C2=C(Br)Cc3ccccc32)cc1.COc1ccc(C2=C(c3c(C)noc3C)Cc3ccccc32)cc1.COc1ccc(C2=CCc3ccccc32)cc1.O=S(=O)(c1ccccc1)n1cc(Br)c2ccccc21. The average Bonchev–Trinajstić information content (AvgIpc) is 1.58. The van der Waals surface area contributed by atoms with Gasteiger partial charge in [-0.15, -0.1) is 0 Å². The summed E-state index contributed by atoms with van der Waals surface area (Å²) in [6.07, 6.45) is 10.8. The topological polar surface area (TPSA) is 205 Å². The van der Waals surface area contributed by atoms with Crippen LogP contribution >= 0.6 is 31.9 Å². The first-order valence-corrected chi connectivity index (χ1v) is 46.4. The molecule has 0 aliphatic heterocycles. The number of allylic oxidation sites excluding steroid dienone is 3. The van der Waals surface area contributed by atoms with Crippen molar-refractivity contribution in [2.45, 2.75) is 56.7 Å². The van der Waals surface area contributed by atoms with E-state index < -0.39 is 20.0 Å². The summed E-state index contributed by atoms with van der Waals surface area (Å²) in [7, 11) is 1.10. The molecule has 130 heavy (non-hydrogen) atoms. The number of nitrogens with zero attached hydrogens (tertiary/aromatic N) is 6. The van der Waals surface area contributed by atoms with E-state index in [1.54, 1.807) is 119 Å². The van der Waals surface area contributed by atoms with Gasteiger partial charge in [0, 0.05) is 60.6 Å². The summed E-state index contributed by atoms with van der Waals surface area (Å²) in [6, 6.07) is 106. The number of para-hydroxylation sites is 3. The normalized spacial score (nSPS) is 12.3. The molecule has 0 bridgehead atoms. The lowest BCUT2D eigenvalue weighted by Gasteiger charge is -2.10. The molecule has 0 saturated carbocycles. The minimum Gasteiger partial charge on any atom is -0.497 e. The van der Waals surface area contributed by atoms with E-state index in [1.807, 2.05) is 179 Å². The molecule has 0 saturated heterocycles. The number of aryl methyl sites for hydroxylation is 4. The maximum absolute atomic E-state index is 13.1. The summed E-state index contributed by atoms with van der Waals surface area (Å²) < 4.78 is 94.8. The number of rotatable bonds is 16. The summed E-state index contributed by atoms with van der Waals surface area (Å²) in [6.45, 7) is 7.75. The van der Waals surface area contributed by atoms with Gasteiger partial charge in [-0.1, -0.05) is 257 Å². The highest BCUT2D eigenvalue weighted by Crippen LogP contribution is 2.47. The molecule has 3 aliphatic carbocycles. The zero-order valence-electron chi connectivity index (χ0n) is 72.8. The molecule has 0 spiro atoms. The van der Waals surface area contributed by atoms with Crippen molar-refractivity contribution in [2.24, 2.45) is 0 Å². The van der Waals surface area contributed by atoms with Crippen LogP contribution in [-0.4, -0.2) is 75.2 Å². The molecule has 0 radical (unpaired) electrons. The van der Waals surface area contributed by atoms with Crippen LogP contribution in [0.4, 0.5) is 0 Å². The van der Waals surface area contributed by atoms with Crippen LogP contribution in [0.25, 0.3) is 88.5 Å². The zero-order valence-corrected chi connectivity index (χ0v) is 77.6. The zero-order chi connectivity index (χ0) is 90.7. The van der Waals surface area contributed by atoms with Crippen LogP contribution in [0.15, 0.2) is 374 Å². The van der Waals surface area contributed by atoms with E-state index >= 15 is 0 Å². The molecule has 21 heteroatoms. The number of methoxy groups -OCH3 is 5. The first-order chi connectivity index (χ1) is 63.2. The molecule has 5 aromatic heterocycles. The molecule has 18 aromatic rings. The minimum atomic E-state index is -3.67. The third-order valence-electron chi connectivity index (χ3n) is 23.1. The number of benzene rings is 13. The molecule has 0 unspecified atom stereocenters. The van der Waals surface area contributed by atoms with Crippen LogP contribution in [0, 0.1) is 39.1 Å². The molecule has 17 nitrogen and oxygen atoms in total. The molecule has 648 valence electrons. The molecule has 5 heterocycles. The number of hydrogen-bond acceptors (Lipinski definition) is 14. The number of aromatic nitrogens is 5. The highest BCUT2D eigenvalue weighted by atomic mass is 79.9. The lowest BCUT2D eigenvalue weighted by atomic mass is 9.93. The molecule has 0 N–H and O–H groups in total. The predicted molar refractivity (Wildman–Crippen MR) is 525 cm³/mol. The van der Waals surface area contributed by atoms with Crippen molar-refractivity contribution in [2.75, 3.05) is 35.5 Å². The van der Waals surface area contributed by atoms with Crippen LogP contribution in [0.2, 0.25) is 0 Å². The van der Waals surface area contributed by atoms with E-state index in [2.05, 4.69) is 164 Å². The van der Waals surface area contributed by atoms with E-state index in [0.717, 1.165) is 130 Å². The first-order valence-electron chi connectivity index (χ1n) is 41.9. The second kappa shape index (κ2) is 39.4. The molecule has 0 fully saturated rings. The van der Waals surface area contributed by atoms with E-state index in [-0.39, 0.29) is 9.79 Å². The summed E-state index contributed by atoms with van der Waals surface area (Å²) in [4.78, 5) is 0.547. The molecule has 0 amide bonds. The van der Waals surface area contributed by atoms with Crippen molar-refractivity contribution < 1.29 is 49.6 Å². The summed E-state index contributed by atoms with van der Waals surface area (Å²) in [5.74, 6) is 5.77. The number of halogens is 2. The summed E-state index contributed by atoms with van der Waals surface area (Å²) in [5, 5.41) is 20.9. The van der Waals surface area contributed by atoms with Crippen LogP contribution in [0.1, 0.15) is 78.5 Å².